The Morgan fingerprint density at radius 3 is 1.21 bits per heavy atom. The molecule has 2 saturated heterocycles. The topological polar surface area (TPSA) is 47.1 Å². The van der Waals surface area contributed by atoms with Crippen molar-refractivity contribution in [3.05, 3.63) is 70.8 Å². The van der Waals surface area contributed by atoms with Gasteiger partial charge in [-0.1, -0.05) is 51.0 Å². The highest BCUT2D eigenvalue weighted by Crippen LogP contribution is 2.47. The molecule has 0 aliphatic carbocycles. The van der Waals surface area contributed by atoms with Crippen molar-refractivity contribution in [3.63, 3.8) is 0 Å². The Hall–Kier alpha value is -3.54. The maximum absolute atomic E-state index is 14.3. The van der Waals surface area contributed by atoms with Crippen molar-refractivity contribution >= 4 is 34.6 Å². The maximum Gasteiger partial charge on any atom is 0.261 e. The van der Waals surface area contributed by atoms with Gasteiger partial charge in [-0.25, -0.2) is 0 Å². The molecule has 0 spiro atoms. The van der Waals surface area contributed by atoms with Crippen LogP contribution >= 0.6 is 0 Å². The first kappa shape index (κ1) is 28.6. The summed E-state index contributed by atoms with van der Waals surface area (Å²) >= 11 is 0. The first-order valence-corrected chi connectivity index (χ1v) is 16.5. The molecule has 42 heavy (non-hydrogen) atoms. The summed E-state index contributed by atoms with van der Waals surface area (Å²) in [6.07, 6.45) is 11.3. The third kappa shape index (κ3) is 5.36. The molecule has 6 nitrogen and oxygen atoms in total. The molecular weight excluding hydrogens is 520 g/mol. The quantitative estimate of drug-likeness (QED) is 0.309. The van der Waals surface area contributed by atoms with Gasteiger partial charge in [-0.3, -0.25) is 9.59 Å². The number of hydrogen-bond donors (Lipinski definition) is 0. The fourth-order valence-corrected chi connectivity index (χ4v) is 7.02. The highest BCUT2D eigenvalue weighted by molar-refractivity contribution is 6.30. The van der Waals surface area contributed by atoms with Crippen LogP contribution in [0, 0.1) is 0 Å². The smallest absolute Gasteiger partial charge is 0.261 e. The van der Waals surface area contributed by atoms with Crippen molar-refractivity contribution in [1.29, 1.82) is 0 Å². The first-order chi connectivity index (χ1) is 20.6. The van der Waals surface area contributed by atoms with E-state index in [-0.39, 0.29) is 11.8 Å². The van der Waals surface area contributed by atoms with Gasteiger partial charge in [0.15, 0.2) is 0 Å². The summed E-state index contributed by atoms with van der Waals surface area (Å²) in [5.41, 5.74) is 7.12. The Bertz CT molecular complexity index is 1240. The van der Waals surface area contributed by atoms with E-state index in [4.69, 9.17) is 0 Å². The predicted molar refractivity (Wildman–Crippen MR) is 172 cm³/mol. The Morgan fingerprint density at radius 2 is 0.881 bits per heavy atom. The number of rotatable bonds is 10. The monoisotopic (exact) mass is 566 g/mol. The highest BCUT2D eigenvalue weighted by Gasteiger charge is 2.48. The summed E-state index contributed by atoms with van der Waals surface area (Å²) in [5, 5.41) is 0. The van der Waals surface area contributed by atoms with Gasteiger partial charge >= 0.3 is 0 Å². The van der Waals surface area contributed by atoms with Crippen LogP contribution in [0.5, 0.6) is 0 Å². The number of fused-ring (bicyclic) bond motifs is 1. The summed E-state index contributed by atoms with van der Waals surface area (Å²) in [5.74, 6) is -0.0629. The van der Waals surface area contributed by atoms with Gasteiger partial charge in [0.2, 0.25) is 0 Å². The Kier molecular flexibility index (Phi) is 8.68. The van der Waals surface area contributed by atoms with E-state index < -0.39 is 0 Å². The number of benzene rings is 2. The lowest BCUT2D eigenvalue weighted by atomic mass is 10.0. The molecule has 0 unspecified atom stereocenters. The van der Waals surface area contributed by atoms with Crippen molar-refractivity contribution in [3.8, 4) is 0 Å². The normalized spacial score (nSPS) is 19.5. The largest absolute Gasteiger partial charge is 0.372 e. The standard InChI is InChI=1S/C36H46N4O2/c1-3-5-25-39-33(27-13-17-29(18-14-27)37-21-9-7-10-22-37)31-32(35(39)41)34(40(36(31)42)26-6-4-2)28-15-19-30(20-16-28)38-23-11-8-12-24-38/h13-20H,3-12,21-26H2,1-2H3. The van der Waals surface area contributed by atoms with Gasteiger partial charge < -0.3 is 19.6 Å². The third-order valence-electron chi connectivity index (χ3n) is 9.38. The average Bonchev–Trinajstić information content (AvgIpc) is 3.50. The summed E-state index contributed by atoms with van der Waals surface area (Å²) < 4.78 is 0. The molecule has 0 aromatic heterocycles. The zero-order valence-corrected chi connectivity index (χ0v) is 25.5. The highest BCUT2D eigenvalue weighted by atomic mass is 16.2. The molecule has 2 aromatic rings. The lowest BCUT2D eigenvalue weighted by molar-refractivity contribution is -0.124. The Labute approximate surface area is 251 Å². The van der Waals surface area contributed by atoms with E-state index in [1.54, 1.807) is 0 Å². The van der Waals surface area contributed by atoms with Crippen LogP contribution in [0.15, 0.2) is 59.7 Å². The van der Waals surface area contributed by atoms with Crippen LogP contribution in [0.4, 0.5) is 11.4 Å². The second kappa shape index (κ2) is 12.8. The fourth-order valence-electron chi connectivity index (χ4n) is 7.02. The SMILES string of the molecule is CCCCN1C(=O)C2=C(c3ccc(N4CCCCC4)cc3)N(CCCC)C(=O)C2=C1c1ccc(N2CCCCC2)cc1. The van der Waals surface area contributed by atoms with E-state index in [9.17, 15) is 9.59 Å². The summed E-state index contributed by atoms with van der Waals surface area (Å²) in [6.45, 7) is 9.89. The number of hydrogen-bond acceptors (Lipinski definition) is 4. The predicted octanol–water partition coefficient (Wildman–Crippen LogP) is 7.07. The van der Waals surface area contributed by atoms with Crippen LogP contribution in [0.2, 0.25) is 0 Å². The summed E-state index contributed by atoms with van der Waals surface area (Å²) in [6, 6.07) is 17.2. The molecule has 4 aliphatic heterocycles. The fraction of sp³-hybridized carbons (Fsp3) is 0.500. The van der Waals surface area contributed by atoms with Crippen LogP contribution in [-0.4, -0.2) is 60.9 Å². The van der Waals surface area contributed by atoms with Crippen molar-refractivity contribution in [2.75, 3.05) is 49.1 Å². The van der Waals surface area contributed by atoms with Crippen molar-refractivity contribution in [2.45, 2.75) is 78.1 Å². The molecule has 6 rings (SSSR count). The number of anilines is 2. The molecular formula is C36H46N4O2. The molecule has 6 heteroatoms. The number of unbranched alkanes of at least 4 members (excludes halogenated alkanes) is 2. The molecule has 0 atom stereocenters. The second-order valence-electron chi connectivity index (χ2n) is 12.3. The number of piperidine rings is 2. The summed E-state index contributed by atoms with van der Waals surface area (Å²) in [4.78, 5) is 37.2. The number of carbonyl (C=O) groups excluding carboxylic acids is 2. The first-order valence-electron chi connectivity index (χ1n) is 16.5. The minimum absolute atomic E-state index is 0.0315. The van der Waals surface area contributed by atoms with Crippen LogP contribution in [-0.2, 0) is 9.59 Å². The second-order valence-corrected chi connectivity index (χ2v) is 12.3. The molecule has 2 fully saturated rings. The number of carbonyl (C=O) groups is 2. The van der Waals surface area contributed by atoms with E-state index in [1.165, 1.54) is 49.9 Å². The van der Waals surface area contributed by atoms with Gasteiger partial charge in [-0.2, -0.15) is 0 Å². The lowest BCUT2D eigenvalue weighted by Crippen LogP contribution is -2.31. The molecule has 0 saturated carbocycles. The zero-order chi connectivity index (χ0) is 29.1. The van der Waals surface area contributed by atoms with Gasteiger partial charge in [0, 0.05) is 50.6 Å². The number of nitrogens with zero attached hydrogens (tertiary/aromatic N) is 4. The van der Waals surface area contributed by atoms with Crippen LogP contribution in [0.1, 0.15) is 89.2 Å². The van der Waals surface area contributed by atoms with E-state index in [1.807, 2.05) is 9.80 Å². The van der Waals surface area contributed by atoms with Gasteiger partial charge in [0.05, 0.1) is 22.5 Å². The molecule has 4 heterocycles. The molecule has 0 bridgehead atoms. The van der Waals surface area contributed by atoms with Crippen LogP contribution < -0.4 is 9.80 Å². The van der Waals surface area contributed by atoms with Gasteiger partial charge in [0.1, 0.15) is 0 Å². The molecule has 2 amide bonds. The Balaban J connectivity index is 1.43. The minimum atomic E-state index is -0.0315. The Morgan fingerprint density at radius 1 is 0.524 bits per heavy atom. The van der Waals surface area contributed by atoms with E-state index in [0.717, 1.165) is 74.4 Å². The van der Waals surface area contributed by atoms with Gasteiger partial charge in [-0.15, -0.1) is 0 Å². The van der Waals surface area contributed by atoms with Crippen molar-refractivity contribution < 1.29 is 9.59 Å². The van der Waals surface area contributed by atoms with E-state index in [0.29, 0.717) is 24.2 Å². The molecule has 0 radical (unpaired) electrons. The van der Waals surface area contributed by atoms with Crippen LogP contribution in [0.25, 0.3) is 11.4 Å². The average molecular weight is 567 g/mol. The number of amides is 2. The van der Waals surface area contributed by atoms with Crippen molar-refractivity contribution in [1.82, 2.24) is 9.80 Å². The lowest BCUT2D eigenvalue weighted by Gasteiger charge is -2.29. The molecule has 2 aromatic carbocycles. The minimum Gasteiger partial charge on any atom is -0.372 e. The van der Waals surface area contributed by atoms with Crippen LogP contribution in [0.3, 0.4) is 0 Å². The van der Waals surface area contributed by atoms with Crippen molar-refractivity contribution in [2.24, 2.45) is 0 Å². The maximum atomic E-state index is 14.3. The van der Waals surface area contributed by atoms with E-state index in [2.05, 4.69) is 72.2 Å². The zero-order valence-electron chi connectivity index (χ0n) is 25.5. The molecule has 0 N–H and O–H groups in total. The summed E-state index contributed by atoms with van der Waals surface area (Å²) in [7, 11) is 0. The third-order valence-corrected chi connectivity index (χ3v) is 9.38. The van der Waals surface area contributed by atoms with Gasteiger partial charge in [0.25, 0.3) is 11.8 Å². The molecule has 4 aliphatic rings. The van der Waals surface area contributed by atoms with E-state index >= 15 is 0 Å². The molecule has 222 valence electrons. The van der Waals surface area contributed by atoms with Gasteiger partial charge in [-0.05, 0) is 86.8 Å².